The van der Waals surface area contributed by atoms with E-state index in [2.05, 4.69) is 0 Å². The number of rotatable bonds is 0. The number of hydrogen-bond donors (Lipinski definition) is 0. The molecule has 0 spiro atoms. The third kappa shape index (κ3) is 4.30. The van der Waals surface area contributed by atoms with Crippen LogP contribution in [-0.4, -0.2) is 6.18 Å². The minimum Gasteiger partial charge on any atom is -0.197 e. The first-order chi connectivity index (χ1) is 2.94. The zero-order valence-electron chi connectivity index (χ0n) is 4.71. The Balaban J connectivity index is 0. The van der Waals surface area contributed by atoms with E-state index >= 15 is 0 Å². The van der Waals surface area contributed by atoms with Crippen LogP contribution in [0.2, 0.25) is 0 Å². The van der Waals surface area contributed by atoms with Gasteiger partial charge in [-0.25, -0.2) is 0 Å². The van der Waals surface area contributed by atoms with Crippen LogP contribution in [0.4, 0.5) is 13.2 Å². The van der Waals surface area contributed by atoms with Crippen LogP contribution in [0.3, 0.4) is 0 Å². The van der Waals surface area contributed by atoms with Gasteiger partial charge in [-0.15, -0.1) is 0 Å². The van der Waals surface area contributed by atoms with E-state index in [1.54, 1.807) is 0 Å². The number of hydrogen-bond acceptors (Lipinski definition) is 0. The third-order valence-electron chi connectivity index (χ3n) is 0.655. The van der Waals surface area contributed by atoms with Crippen molar-refractivity contribution in [3.63, 3.8) is 0 Å². The molecule has 0 aliphatic carbocycles. The van der Waals surface area contributed by atoms with E-state index in [0.29, 0.717) is 0 Å². The van der Waals surface area contributed by atoms with E-state index in [-0.39, 0.29) is 13.5 Å². The molecule has 0 bridgehead atoms. The van der Waals surface area contributed by atoms with Crippen molar-refractivity contribution >= 4 is 13.5 Å². The van der Waals surface area contributed by atoms with Gasteiger partial charge in [0.05, 0.1) is 0 Å². The highest BCUT2D eigenvalue weighted by molar-refractivity contribution is 7.59. The first-order valence-electron chi connectivity index (χ1n) is 2.01. The first-order valence-corrected chi connectivity index (χ1v) is 2.01. The molecular formula is C4H9F3S. The second-order valence-electron chi connectivity index (χ2n) is 1.70. The minimum atomic E-state index is -4.00. The number of halogens is 3. The molecule has 0 radical (unpaired) electrons. The molecule has 0 aromatic rings. The lowest BCUT2D eigenvalue weighted by molar-refractivity contribution is -0.164. The lowest BCUT2D eigenvalue weighted by Gasteiger charge is -2.07. The van der Waals surface area contributed by atoms with Gasteiger partial charge in [0, 0.05) is 5.92 Å². The van der Waals surface area contributed by atoms with Crippen LogP contribution in [0.5, 0.6) is 0 Å². The predicted molar refractivity (Wildman–Crippen MR) is 31.3 cm³/mol. The summed E-state index contributed by atoms with van der Waals surface area (Å²) in [6.45, 7) is 2.25. The second kappa shape index (κ2) is 3.22. The van der Waals surface area contributed by atoms with Gasteiger partial charge in [-0.2, -0.15) is 26.7 Å². The molecule has 0 amide bonds. The molecule has 8 heavy (non-hydrogen) atoms. The van der Waals surface area contributed by atoms with Crippen molar-refractivity contribution in [2.45, 2.75) is 20.0 Å². The quantitative estimate of drug-likeness (QED) is 0.492. The maximum absolute atomic E-state index is 11.2. The van der Waals surface area contributed by atoms with Crippen LogP contribution in [0, 0.1) is 5.92 Å². The largest absolute Gasteiger partial charge is 0.391 e. The highest BCUT2D eigenvalue weighted by Gasteiger charge is 2.31. The van der Waals surface area contributed by atoms with Crippen LogP contribution < -0.4 is 0 Å². The molecule has 0 saturated carbocycles. The zero-order valence-corrected chi connectivity index (χ0v) is 5.71. The molecule has 0 aromatic carbocycles. The minimum absolute atomic E-state index is 0. The molecule has 0 aromatic heterocycles. The van der Waals surface area contributed by atoms with Gasteiger partial charge in [-0.05, 0) is 0 Å². The summed E-state index contributed by atoms with van der Waals surface area (Å²) in [7, 11) is 0. The average Bonchev–Trinajstić information content (AvgIpc) is 1.31. The van der Waals surface area contributed by atoms with Gasteiger partial charge in [-0.1, -0.05) is 13.8 Å². The summed E-state index contributed by atoms with van der Waals surface area (Å²) in [5.41, 5.74) is 0. The van der Waals surface area contributed by atoms with Gasteiger partial charge < -0.3 is 0 Å². The molecule has 0 nitrogen and oxygen atoms in total. The molecule has 52 valence electrons. The molecular weight excluding hydrogens is 137 g/mol. The Morgan fingerprint density at radius 3 is 1.25 bits per heavy atom. The van der Waals surface area contributed by atoms with Crippen molar-refractivity contribution < 1.29 is 13.2 Å². The van der Waals surface area contributed by atoms with Gasteiger partial charge in [0.25, 0.3) is 0 Å². The summed E-state index contributed by atoms with van der Waals surface area (Å²) in [6.07, 6.45) is -4.00. The number of alkyl halides is 3. The van der Waals surface area contributed by atoms with Crippen LogP contribution in [0.15, 0.2) is 0 Å². The SMILES string of the molecule is CC(C)C(F)(F)F.S. The van der Waals surface area contributed by atoms with Gasteiger partial charge >= 0.3 is 6.18 Å². The van der Waals surface area contributed by atoms with E-state index in [4.69, 9.17) is 0 Å². The lowest BCUT2D eigenvalue weighted by atomic mass is 10.2. The van der Waals surface area contributed by atoms with Crippen LogP contribution >= 0.6 is 13.5 Å². The Hall–Kier alpha value is 0.140. The van der Waals surface area contributed by atoms with Crippen molar-refractivity contribution in [2.75, 3.05) is 0 Å². The summed E-state index contributed by atoms with van der Waals surface area (Å²) in [4.78, 5) is 0. The fourth-order valence-electron chi connectivity index (χ4n) is 0. The Morgan fingerprint density at radius 1 is 1.12 bits per heavy atom. The molecule has 0 N–H and O–H groups in total. The molecule has 0 aliphatic rings. The van der Waals surface area contributed by atoms with Crippen molar-refractivity contribution in [1.29, 1.82) is 0 Å². The monoisotopic (exact) mass is 146 g/mol. The van der Waals surface area contributed by atoms with Gasteiger partial charge in [0.15, 0.2) is 0 Å². The molecule has 0 atom stereocenters. The van der Waals surface area contributed by atoms with Gasteiger partial charge in [0.2, 0.25) is 0 Å². The van der Waals surface area contributed by atoms with Gasteiger partial charge in [-0.3, -0.25) is 0 Å². The van der Waals surface area contributed by atoms with E-state index in [1.807, 2.05) is 0 Å². The first kappa shape index (κ1) is 11.0. The summed E-state index contributed by atoms with van der Waals surface area (Å²) >= 11 is 0. The molecule has 0 unspecified atom stereocenters. The molecule has 0 fully saturated rings. The van der Waals surface area contributed by atoms with E-state index < -0.39 is 12.1 Å². The molecule has 4 heteroatoms. The Morgan fingerprint density at radius 2 is 1.25 bits per heavy atom. The maximum Gasteiger partial charge on any atom is 0.391 e. The van der Waals surface area contributed by atoms with E-state index in [9.17, 15) is 13.2 Å². The van der Waals surface area contributed by atoms with Gasteiger partial charge in [0.1, 0.15) is 0 Å². The van der Waals surface area contributed by atoms with E-state index in [0.717, 1.165) is 13.8 Å². The normalized spacial score (nSPS) is 11.2. The lowest BCUT2D eigenvalue weighted by Crippen LogP contribution is -2.15. The predicted octanol–water partition coefficient (Wildman–Crippen LogP) is 2.32. The molecule has 0 saturated heterocycles. The van der Waals surface area contributed by atoms with Crippen LogP contribution in [0.25, 0.3) is 0 Å². The van der Waals surface area contributed by atoms with Crippen LogP contribution in [-0.2, 0) is 0 Å². The van der Waals surface area contributed by atoms with Crippen LogP contribution in [0.1, 0.15) is 13.8 Å². The van der Waals surface area contributed by atoms with Crippen molar-refractivity contribution in [2.24, 2.45) is 5.92 Å². The highest BCUT2D eigenvalue weighted by Crippen LogP contribution is 2.24. The maximum atomic E-state index is 11.2. The Labute approximate surface area is 53.5 Å². The fraction of sp³-hybridized carbons (Fsp3) is 1.00. The standard InChI is InChI=1S/C4H7F3.H2S/c1-3(2)4(5,6)7;/h3H,1-2H3;1H2. The molecule has 0 aliphatic heterocycles. The fourth-order valence-corrected chi connectivity index (χ4v) is 0. The summed E-state index contributed by atoms with van der Waals surface area (Å²) in [5.74, 6) is -1.20. The second-order valence-corrected chi connectivity index (χ2v) is 1.70. The van der Waals surface area contributed by atoms with E-state index in [1.165, 1.54) is 0 Å². The van der Waals surface area contributed by atoms with Crippen molar-refractivity contribution in [3.8, 4) is 0 Å². The molecule has 0 heterocycles. The van der Waals surface area contributed by atoms with Crippen molar-refractivity contribution in [1.82, 2.24) is 0 Å². The Kier molecular flexibility index (Phi) is 4.43. The summed E-state index contributed by atoms with van der Waals surface area (Å²) in [6, 6.07) is 0. The zero-order chi connectivity index (χ0) is 6.08. The smallest absolute Gasteiger partial charge is 0.197 e. The third-order valence-corrected chi connectivity index (χ3v) is 0.655. The average molecular weight is 146 g/mol. The molecule has 0 rings (SSSR count). The summed E-state index contributed by atoms with van der Waals surface area (Å²) in [5, 5.41) is 0. The highest BCUT2D eigenvalue weighted by atomic mass is 32.1. The van der Waals surface area contributed by atoms with Crippen molar-refractivity contribution in [3.05, 3.63) is 0 Å². The Bertz CT molecular complexity index is 56.8. The summed E-state index contributed by atoms with van der Waals surface area (Å²) < 4.78 is 33.5. The topological polar surface area (TPSA) is 0 Å².